The normalized spacial score (nSPS) is 15.8. The summed E-state index contributed by atoms with van der Waals surface area (Å²) in [4.78, 5) is 2.36. The quantitative estimate of drug-likeness (QED) is 0.857. The summed E-state index contributed by atoms with van der Waals surface area (Å²) in [6.45, 7) is 6.99. The van der Waals surface area contributed by atoms with Crippen molar-refractivity contribution in [2.24, 2.45) is 0 Å². The first-order chi connectivity index (χ1) is 9.67. The molecular weight excluding hydrogens is 248 g/mol. The minimum absolute atomic E-state index is 0.470. The predicted octanol–water partition coefficient (Wildman–Crippen LogP) is 2.43. The monoisotopic (exact) mass is 266 g/mol. The van der Waals surface area contributed by atoms with Crippen molar-refractivity contribution in [2.45, 2.75) is 26.4 Å². The SMILES string of the molecule is Cc1cc(C)n(C2CN(Cc3ccccc3C#N)C2)n1. The zero-order valence-electron chi connectivity index (χ0n) is 11.9. The van der Waals surface area contributed by atoms with Crippen LogP contribution >= 0.6 is 0 Å². The van der Waals surface area contributed by atoms with Gasteiger partial charge in [-0.15, -0.1) is 0 Å². The molecule has 0 saturated carbocycles. The molecule has 1 aromatic carbocycles. The molecule has 0 bridgehead atoms. The number of hydrogen-bond acceptors (Lipinski definition) is 3. The average molecular weight is 266 g/mol. The van der Waals surface area contributed by atoms with Gasteiger partial charge in [-0.3, -0.25) is 9.58 Å². The number of nitriles is 1. The van der Waals surface area contributed by atoms with Gasteiger partial charge in [-0.05, 0) is 31.5 Å². The van der Waals surface area contributed by atoms with E-state index in [0.717, 1.165) is 36.5 Å². The highest BCUT2D eigenvalue weighted by molar-refractivity contribution is 5.37. The van der Waals surface area contributed by atoms with Gasteiger partial charge in [-0.2, -0.15) is 10.4 Å². The Kier molecular flexibility index (Phi) is 3.29. The molecule has 1 fully saturated rings. The summed E-state index contributed by atoms with van der Waals surface area (Å²) < 4.78 is 2.13. The number of benzene rings is 1. The van der Waals surface area contributed by atoms with Crippen LogP contribution in [-0.4, -0.2) is 27.8 Å². The predicted molar refractivity (Wildman–Crippen MR) is 77.2 cm³/mol. The Morgan fingerprint density at radius 1 is 1.30 bits per heavy atom. The third-order valence-electron chi connectivity index (χ3n) is 3.86. The smallest absolute Gasteiger partial charge is 0.0995 e. The van der Waals surface area contributed by atoms with Crippen LogP contribution in [0.5, 0.6) is 0 Å². The van der Waals surface area contributed by atoms with E-state index >= 15 is 0 Å². The van der Waals surface area contributed by atoms with E-state index in [1.165, 1.54) is 5.69 Å². The Morgan fingerprint density at radius 3 is 2.70 bits per heavy atom. The van der Waals surface area contributed by atoms with Crippen molar-refractivity contribution in [3.63, 3.8) is 0 Å². The van der Waals surface area contributed by atoms with E-state index in [4.69, 9.17) is 5.26 Å². The highest BCUT2D eigenvalue weighted by Crippen LogP contribution is 2.25. The van der Waals surface area contributed by atoms with E-state index in [1.54, 1.807) is 0 Å². The lowest BCUT2D eigenvalue weighted by Gasteiger charge is -2.40. The van der Waals surface area contributed by atoms with Crippen LogP contribution in [0.1, 0.15) is 28.6 Å². The second-order valence-electron chi connectivity index (χ2n) is 5.49. The van der Waals surface area contributed by atoms with Crippen LogP contribution in [0.4, 0.5) is 0 Å². The maximum atomic E-state index is 9.11. The Hall–Kier alpha value is -2.12. The van der Waals surface area contributed by atoms with Gasteiger partial charge in [0.25, 0.3) is 0 Å². The van der Waals surface area contributed by atoms with Crippen molar-refractivity contribution >= 4 is 0 Å². The lowest BCUT2D eigenvalue weighted by Crippen LogP contribution is -2.47. The molecule has 0 N–H and O–H groups in total. The van der Waals surface area contributed by atoms with E-state index < -0.39 is 0 Å². The Morgan fingerprint density at radius 2 is 2.05 bits per heavy atom. The molecular formula is C16H18N4. The van der Waals surface area contributed by atoms with Crippen molar-refractivity contribution in [1.29, 1.82) is 5.26 Å². The summed E-state index contributed by atoms with van der Waals surface area (Å²) >= 11 is 0. The van der Waals surface area contributed by atoms with Crippen molar-refractivity contribution in [3.05, 3.63) is 52.8 Å². The molecule has 102 valence electrons. The molecule has 0 aliphatic carbocycles. The van der Waals surface area contributed by atoms with Gasteiger partial charge in [0.05, 0.1) is 23.4 Å². The van der Waals surface area contributed by atoms with E-state index in [0.29, 0.717) is 6.04 Å². The number of likely N-dealkylation sites (tertiary alicyclic amines) is 1. The van der Waals surface area contributed by atoms with Gasteiger partial charge in [-0.25, -0.2) is 0 Å². The van der Waals surface area contributed by atoms with Crippen molar-refractivity contribution < 1.29 is 0 Å². The van der Waals surface area contributed by atoms with Crippen LogP contribution in [0.25, 0.3) is 0 Å². The van der Waals surface area contributed by atoms with Gasteiger partial charge in [0.1, 0.15) is 0 Å². The minimum atomic E-state index is 0.470. The lowest BCUT2D eigenvalue weighted by molar-refractivity contribution is 0.0893. The van der Waals surface area contributed by atoms with Gasteiger partial charge < -0.3 is 0 Å². The fourth-order valence-electron chi connectivity index (χ4n) is 2.85. The first-order valence-electron chi connectivity index (χ1n) is 6.90. The zero-order chi connectivity index (χ0) is 14.1. The van der Waals surface area contributed by atoms with Gasteiger partial charge >= 0.3 is 0 Å². The van der Waals surface area contributed by atoms with Gasteiger partial charge in [0, 0.05) is 25.3 Å². The third-order valence-corrected chi connectivity index (χ3v) is 3.86. The molecule has 3 rings (SSSR count). The van der Waals surface area contributed by atoms with Crippen molar-refractivity contribution in [2.75, 3.05) is 13.1 Å². The van der Waals surface area contributed by atoms with Crippen LogP contribution in [-0.2, 0) is 6.54 Å². The molecule has 20 heavy (non-hydrogen) atoms. The average Bonchev–Trinajstić information content (AvgIpc) is 2.72. The topological polar surface area (TPSA) is 44.9 Å². The molecule has 1 aliphatic rings. The van der Waals surface area contributed by atoms with E-state index in [-0.39, 0.29) is 0 Å². The fraction of sp³-hybridized carbons (Fsp3) is 0.375. The largest absolute Gasteiger partial charge is 0.295 e. The Labute approximate surface area is 119 Å². The molecule has 1 saturated heterocycles. The number of rotatable bonds is 3. The number of aryl methyl sites for hydroxylation is 2. The molecule has 4 nitrogen and oxygen atoms in total. The minimum Gasteiger partial charge on any atom is -0.295 e. The summed E-state index contributed by atoms with van der Waals surface area (Å²) in [6.07, 6.45) is 0. The summed E-state index contributed by atoms with van der Waals surface area (Å²) in [5, 5.41) is 13.7. The van der Waals surface area contributed by atoms with Crippen LogP contribution in [0.15, 0.2) is 30.3 Å². The standard InChI is InChI=1S/C16H18N4/c1-12-7-13(2)20(18-12)16-10-19(11-16)9-15-6-4-3-5-14(15)8-17/h3-7,16H,9-11H2,1-2H3. The lowest BCUT2D eigenvalue weighted by atomic mass is 10.0. The summed E-state index contributed by atoms with van der Waals surface area (Å²) in [5.41, 5.74) is 4.20. The van der Waals surface area contributed by atoms with Crippen molar-refractivity contribution in [3.8, 4) is 6.07 Å². The van der Waals surface area contributed by atoms with Crippen LogP contribution in [0.2, 0.25) is 0 Å². The number of aromatic nitrogens is 2. The third kappa shape index (κ3) is 2.33. The molecule has 0 amide bonds. The van der Waals surface area contributed by atoms with Gasteiger partial charge in [-0.1, -0.05) is 18.2 Å². The van der Waals surface area contributed by atoms with E-state index in [2.05, 4.69) is 33.7 Å². The van der Waals surface area contributed by atoms with Crippen LogP contribution < -0.4 is 0 Å². The van der Waals surface area contributed by atoms with Gasteiger partial charge in [0.15, 0.2) is 0 Å². The maximum Gasteiger partial charge on any atom is 0.0995 e. The summed E-state index contributed by atoms with van der Waals surface area (Å²) in [5.74, 6) is 0. The fourth-order valence-corrected chi connectivity index (χ4v) is 2.85. The zero-order valence-corrected chi connectivity index (χ0v) is 11.9. The summed E-state index contributed by atoms with van der Waals surface area (Å²) in [6, 6.07) is 12.7. The second kappa shape index (κ2) is 5.10. The van der Waals surface area contributed by atoms with E-state index in [1.807, 2.05) is 31.2 Å². The molecule has 2 aromatic rings. The molecule has 2 heterocycles. The highest BCUT2D eigenvalue weighted by Gasteiger charge is 2.29. The van der Waals surface area contributed by atoms with Crippen LogP contribution in [0.3, 0.4) is 0 Å². The molecule has 4 heteroatoms. The molecule has 0 atom stereocenters. The molecule has 0 spiro atoms. The first-order valence-corrected chi connectivity index (χ1v) is 6.90. The van der Waals surface area contributed by atoms with E-state index in [9.17, 15) is 0 Å². The number of hydrogen-bond donors (Lipinski definition) is 0. The maximum absolute atomic E-state index is 9.11. The summed E-state index contributed by atoms with van der Waals surface area (Å²) in [7, 11) is 0. The molecule has 0 unspecified atom stereocenters. The first kappa shape index (κ1) is 12.9. The Balaban J connectivity index is 1.64. The van der Waals surface area contributed by atoms with Gasteiger partial charge in [0.2, 0.25) is 0 Å². The molecule has 0 radical (unpaired) electrons. The second-order valence-corrected chi connectivity index (χ2v) is 5.49. The highest BCUT2D eigenvalue weighted by atomic mass is 15.4. The van der Waals surface area contributed by atoms with Crippen LogP contribution in [0, 0.1) is 25.2 Å². The van der Waals surface area contributed by atoms with Crippen molar-refractivity contribution in [1.82, 2.24) is 14.7 Å². The number of nitrogens with zero attached hydrogens (tertiary/aromatic N) is 4. The molecule has 1 aliphatic heterocycles. The Bertz CT molecular complexity index is 659. The molecule has 1 aromatic heterocycles.